The number of hydrogen-bond acceptors (Lipinski definition) is 12. The zero-order valence-corrected chi connectivity index (χ0v) is 19.9. The van der Waals surface area contributed by atoms with Gasteiger partial charge in [0.1, 0.15) is 17.1 Å². The van der Waals surface area contributed by atoms with Crippen molar-refractivity contribution in [1.82, 2.24) is 30.4 Å². The number of aryl methyl sites for hydroxylation is 1. The molecule has 0 bridgehead atoms. The molecular weight excluding hydrogens is 498 g/mol. The van der Waals surface area contributed by atoms with Crippen LogP contribution < -0.4 is 11.1 Å². The van der Waals surface area contributed by atoms with Gasteiger partial charge in [0.15, 0.2) is 0 Å². The number of thioether (sulfide) groups is 3. The van der Waals surface area contributed by atoms with E-state index < -0.39 is 40.9 Å². The number of ether oxygens (including phenoxy) is 1. The van der Waals surface area contributed by atoms with E-state index in [1.54, 1.807) is 7.05 Å². The van der Waals surface area contributed by atoms with Crippen LogP contribution in [0, 0.1) is 0 Å². The molecule has 1 aromatic heterocycles. The molecule has 0 aromatic carbocycles. The number of nitrogens with one attached hydrogen (secondary N) is 1. The van der Waals surface area contributed by atoms with E-state index in [4.69, 9.17) is 15.6 Å². The quantitative estimate of drug-likeness (QED) is 0.144. The number of rotatable bonds is 11. The first-order chi connectivity index (χ1) is 15.6. The number of carbonyl (C=O) groups is 4. The lowest BCUT2D eigenvalue weighted by molar-refractivity contribution is -0.192. The van der Waals surface area contributed by atoms with Gasteiger partial charge in [0.25, 0.3) is 11.6 Å². The van der Waals surface area contributed by atoms with Crippen molar-refractivity contribution < 1.29 is 34.1 Å². The third kappa shape index (κ3) is 4.96. The topological polar surface area (TPSA) is 203 Å². The summed E-state index contributed by atoms with van der Waals surface area (Å²) in [7, 11) is 2.91. The third-order valence-electron chi connectivity index (χ3n) is 4.76. The van der Waals surface area contributed by atoms with E-state index in [9.17, 15) is 24.3 Å². The first kappa shape index (κ1) is 25.3. The highest BCUT2D eigenvalue weighted by Gasteiger charge is 2.66. The van der Waals surface area contributed by atoms with E-state index in [2.05, 4.69) is 20.8 Å². The molecule has 5 N–H and O–H groups in total. The second kappa shape index (κ2) is 10.3. The standard InChI is InChI=1S/C16H21N7O7S3/c1-22-15(19-20-21-22)33-4-7-3-32-14-16(30-2,13(29)23(14)10(7)12(27)28)18-9(24)6-31-5-8(17)11(25)26/h8,14H,3-6,17H2,1-2H3,(H,18,24)(H,25,26)(H,27,28)/t8-,14+,16-/m0/s1. The Bertz CT molecular complexity index is 1000. The van der Waals surface area contributed by atoms with Crippen molar-refractivity contribution in [1.29, 1.82) is 0 Å². The summed E-state index contributed by atoms with van der Waals surface area (Å²) in [6, 6.07) is -1.12. The number of hydrogen-bond donors (Lipinski definition) is 4. The van der Waals surface area contributed by atoms with Crippen LogP contribution >= 0.6 is 35.3 Å². The normalized spacial score (nSPS) is 23.1. The molecule has 2 aliphatic heterocycles. The number of fused-ring (bicyclic) bond motifs is 1. The molecule has 3 heterocycles. The summed E-state index contributed by atoms with van der Waals surface area (Å²) < 4.78 is 6.82. The van der Waals surface area contributed by atoms with E-state index in [0.717, 1.165) is 16.7 Å². The molecule has 180 valence electrons. The SMILES string of the molecule is CO[C@@]1(NC(=O)CSC[C@H](N)C(=O)O)C(=O)N2C(C(=O)O)=C(CSc3nnnn3C)CS[C@@H]21. The molecule has 1 saturated heterocycles. The smallest absolute Gasteiger partial charge is 0.352 e. The average Bonchev–Trinajstić information content (AvgIpc) is 3.19. The number of aliphatic carboxylic acids is 2. The maximum absolute atomic E-state index is 13.0. The molecule has 2 aliphatic rings. The van der Waals surface area contributed by atoms with Crippen LogP contribution in [0.4, 0.5) is 0 Å². The lowest BCUT2D eigenvalue weighted by atomic mass is 9.98. The minimum atomic E-state index is -1.72. The maximum atomic E-state index is 13.0. The molecule has 14 nitrogen and oxygen atoms in total. The number of amides is 2. The maximum Gasteiger partial charge on any atom is 0.352 e. The Labute approximate surface area is 200 Å². The van der Waals surface area contributed by atoms with Gasteiger partial charge in [-0.2, -0.15) is 0 Å². The first-order valence-electron chi connectivity index (χ1n) is 9.30. The third-order valence-corrected chi connectivity index (χ3v) is 8.30. The largest absolute Gasteiger partial charge is 0.480 e. The Morgan fingerprint density at radius 3 is 2.73 bits per heavy atom. The second-order valence-corrected chi connectivity index (χ2v) is 9.96. The van der Waals surface area contributed by atoms with Crippen molar-refractivity contribution >= 4 is 59.0 Å². The summed E-state index contributed by atoms with van der Waals surface area (Å²) >= 11 is 3.50. The summed E-state index contributed by atoms with van der Waals surface area (Å²) in [6.07, 6.45) is 0. The Morgan fingerprint density at radius 1 is 1.42 bits per heavy atom. The van der Waals surface area contributed by atoms with Gasteiger partial charge < -0.3 is 26.0 Å². The molecule has 0 saturated carbocycles. The highest BCUT2D eigenvalue weighted by molar-refractivity contribution is 8.01. The van der Waals surface area contributed by atoms with Crippen LogP contribution in [0.5, 0.6) is 0 Å². The molecule has 0 aliphatic carbocycles. The lowest BCUT2D eigenvalue weighted by Crippen LogP contribution is -2.80. The Hall–Kier alpha value is -2.34. The molecule has 1 fully saturated rings. The van der Waals surface area contributed by atoms with Gasteiger partial charge in [0.2, 0.25) is 11.1 Å². The van der Waals surface area contributed by atoms with E-state index in [1.165, 1.54) is 35.3 Å². The number of carbonyl (C=O) groups excluding carboxylic acids is 2. The molecule has 1 aromatic rings. The van der Waals surface area contributed by atoms with Crippen LogP contribution in [-0.2, 0) is 31.0 Å². The van der Waals surface area contributed by atoms with Crippen molar-refractivity contribution in [2.45, 2.75) is 22.3 Å². The van der Waals surface area contributed by atoms with Gasteiger partial charge in [0, 0.05) is 31.4 Å². The molecule has 0 radical (unpaired) electrons. The van der Waals surface area contributed by atoms with Crippen LogP contribution in [0.1, 0.15) is 0 Å². The van der Waals surface area contributed by atoms with E-state index in [-0.39, 0.29) is 28.7 Å². The van der Waals surface area contributed by atoms with Gasteiger partial charge >= 0.3 is 11.9 Å². The molecule has 0 spiro atoms. The molecular formula is C16H21N7O7S3. The van der Waals surface area contributed by atoms with Gasteiger partial charge in [0.05, 0.1) is 5.75 Å². The summed E-state index contributed by atoms with van der Waals surface area (Å²) in [5.74, 6) is -3.32. The van der Waals surface area contributed by atoms with Crippen molar-refractivity contribution in [3.8, 4) is 0 Å². The van der Waals surface area contributed by atoms with Gasteiger partial charge in [-0.25, -0.2) is 9.48 Å². The predicted molar refractivity (Wildman–Crippen MR) is 118 cm³/mol. The monoisotopic (exact) mass is 519 g/mol. The number of aromatic nitrogens is 4. The Morgan fingerprint density at radius 2 is 2.15 bits per heavy atom. The van der Waals surface area contributed by atoms with E-state index in [0.29, 0.717) is 10.7 Å². The highest BCUT2D eigenvalue weighted by Crippen LogP contribution is 2.47. The molecule has 17 heteroatoms. The first-order valence-corrected chi connectivity index (χ1v) is 12.5. The molecule has 3 rings (SSSR count). The average molecular weight is 520 g/mol. The van der Waals surface area contributed by atoms with Crippen molar-refractivity contribution in [2.24, 2.45) is 12.8 Å². The Balaban J connectivity index is 1.70. The number of nitrogens with two attached hydrogens (primary N) is 1. The molecule has 2 amide bonds. The van der Waals surface area contributed by atoms with Crippen LogP contribution in [0.2, 0.25) is 0 Å². The van der Waals surface area contributed by atoms with Crippen LogP contribution in [-0.4, -0.2) is 106 Å². The highest BCUT2D eigenvalue weighted by atomic mass is 32.2. The molecule has 0 unspecified atom stereocenters. The van der Waals surface area contributed by atoms with Crippen LogP contribution in [0.25, 0.3) is 0 Å². The van der Waals surface area contributed by atoms with Gasteiger partial charge in [-0.15, -0.1) is 28.6 Å². The van der Waals surface area contributed by atoms with Gasteiger partial charge in [-0.1, -0.05) is 11.8 Å². The van der Waals surface area contributed by atoms with Crippen molar-refractivity contribution in [3.05, 3.63) is 11.3 Å². The lowest BCUT2D eigenvalue weighted by Gasteiger charge is -2.55. The zero-order valence-electron chi connectivity index (χ0n) is 17.5. The summed E-state index contributed by atoms with van der Waals surface area (Å²) in [5.41, 5.74) is 4.05. The van der Waals surface area contributed by atoms with E-state index in [1.807, 2.05) is 0 Å². The number of nitrogens with zero attached hydrogens (tertiary/aromatic N) is 5. The fourth-order valence-electron chi connectivity index (χ4n) is 3.14. The summed E-state index contributed by atoms with van der Waals surface area (Å²) in [6.45, 7) is 0. The molecule has 3 atom stereocenters. The number of carboxylic acids is 2. The zero-order chi connectivity index (χ0) is 24.3. The van der Waals surface area contributed by atoms with Crippen LogP contribution in [0.15, 0.2) is 16.4 Å². The Kier molecular flexibility index (Phi) is 7.88. The van der Waals surface area contributed by atoms with Crippen molar-refractivity contribution in [2.75, 3.05) is 30.1 Å². The minimum absolute atomic E-state index is 0.00888. The van der Waals surface area contributed by atoms with E-state index >= 15 is 0 Å². The molecule has 33 heavy (non-hydrogen) atoms. The van der Waals surface area contributed by atoms with Gasteiger partial charge in [-0.3, -0.25) is 19.3 Å². The predicted octanol–water partition coefficient (Wildman–Crippen LogP) is -1.84. The second-order valence-electron chi connectivity index (χ2n) is 6.92. The number of methoxy groups -OCH3 is 1. The number of β-lactam (4-membered cyclic amide) rings is 1. The van der Waals surface area contributed by atoms with Crippen molar-refractivity contribution in [3.63, 3.8) is 0 Å². The van der Waals surface area contributed by atoms with Gasteiger partial charge in [-0.05, 0) is 16.0 Å². The number of tetrazole rings is 1. The fourth-order valence-corrected chi connectivity index (χ4v) is 6.34. The minimum Gasteiger partial charge on any atom is -0.480 e. The fraction of sp³-hybridized carbons (Fsp3) is 0.562. The summed E-state index contributed by atoms with van der Waals surface area (Å²) in [4.78, 5) is 49.3. The number of carboxylic acid groups (broad SMARTS) is 2. The van der Waals surface area contributed by atoms with Crippen LogP contribution in [0.3, 0.4) is 0 Å². The summed E-state index contributed by atoms with van der Waals surface area (Å²) in [5, 5.41) is 31.9.